The van der Waals surface area contributed by atoms with Crippen LogP contribution in [0.3, 0.4) is 0 Å². The van der Waals surface area contributed by atoms with Crippen molar-refractivity contribution in [1.82, 2.24) is 0 Å². The van der Waals surface area contributed by atoms with E-state index in [0.717, 1.165) is 24.8 Å². The van der Waals surface area contributed by atoms with Gasteiger partial charge in [0.2, 0.25) is 0 Å². The predicted molar refractivity (Wildman–Crippen MR) is 107 cm³/mol. The van der Waals surface area contributed by atoms with E-state index in [9.17, 15) is 4.57 Å². The third kappa shape index (κ3) is 9.79. The van der Waals surface area contributed by atoms with Gasteiger partial charge < -0.3 is 9.05 Å². The van der Waals surface area contributed by atoms with Crippen LogP contribution >= 0.6 is 7.60 Å². The zero-order valence-electron chi connectivity index (χ0n) is 15.9. The summed E-state index contributed by atoms with van der Waals surface area (Å²) in [5.74, 6) is 1.72. The average molecular weight is 364 g/mol. The smallest absolute Gasteiger partial charge is 0.306 e. The van der Waals surface area contributed by atoms with E-state index in [4.69, 9.17) is 9.05 Å². The molecule has 0 aliphatic heterocycles. The third-order valence-electron chi connectivity index (χ3n) is 3.79. The maximum absolute atomic E-state index is 12.8. The second kappa shape index (κ2) is 13.1. The van der Waals surface area contributed by atoms with Crippen LogP contribution in [0.15, 0.2) is 53.9 Å². The Bertz CT molecular complexity index is 554. The Morgan fingerprint density at radius 3 is 2.28 bits per heavy atom. The molecule has 25 heavy (non-hydrogen) atoms. The van der Waals surface area contributed by atoms with Gasteiger partial charge in [-0.3, -0.25) is 4.57 Å². The number of hydrogen-bond acceptors (Lipinski definition) is 3. The molecule has 0 atom stereocenters. The van der Waals surface area contributed by atoms with Crippen molar-refractivity contribution in [1.29, 1.82) is 0 Å². The van der Waals surface area contributed by atoms with Crippen LogP contribution in [0.25, 0.3) is 0 Å². The Hall–Kier alpha value is -1.15. The summed E-state index contributed by atoms with van der Waals surface area (Å²) in [5, 5.41) is 0. The molecule has 0 radical (unpaired) electrons. The molecule has 0 aliphatic carbocycles. The summed E-state index contributed by atoms with van der Waals surface area (Å²) < 4.78 is 23.6. The SMILES string of the molecule is CCCCCCC(/C=C/Cc1ccccc1)=C\P(=O)(OCC)OCC. The molecular weight excluding hydrogens is 331 g/mol. The second-order valence-electron chi connectivity index (χ2n) is 5.98. The zero-order chi connectivity index (χ0) is 18.4. The molecule has 0 aromatic heterocycles. The van der Waals surface area contributed by atoms with Gasteiger partial charge in [0.15, 0.2) is 0 Å². The highest BCUT2D eigenvalue weighted by Crippen LogP contribution is 2.51. The lowest BCUT2D eigenvalue weighted by Crippen LogP contribution is -1.94. The molecule has 1 aromatic rings. The summed E-state index contributed by atoms with van der Waals surface area (Å²) in [5.41, 5.74) is 2.30. The summed E-state index contributed by atoms with van der Waals surface area (Å²) in [6.45, 7) is 6.64. The monoisotopic (exact) mass is 364 g/mol. The molecule has 0 amide bonds. The first kappa shape index (κ1) is 21.9. The van der Waals surface area contributed by atoms with E-state index >= 15 is 0 Å². The van der Waals surface area contributed by atoms with Crippen molar-refractivity contribution in [2.24, 2.45) is 0 Å². The molecule has 0 spiro atoms. The van der Waals surface area contributed by atoms with E-state index in [1.807, 2.05) is 32.0 Å². The fraction of sp³-hybridized carbons (Fsp3) is 0.524. The van der Waals surface area contributed by atoms with E-state index < -0.39 is 7.60 Å². The Labute approximate surface area is 153 Å². The van der Waals surface area contributed by atoms with Crippen LogP contribution in [-0.2, 0) is 20.0 Å². The maximum atomic E-state index is 12.8. The minimum Gasteiger partial charge on any atom is -0.306 e. The molecule has 0 aliphatic rings. The summed E-state index contributed by atoms with van der Waals surface area (Å²) in [6, 6.07) is 10.3. The highest BCUT2D eigenvalue weighted by Gasteiger charge is 2.20. The van der Waals surface area contributed by atoms with Crippen molar-refractivity contribution in [3.8, 4) is 0 Å². The lowest BCUT2D eigenvalue weighted by atomic mass is 10.1. The van der Waals surface area contributed by atoms with Crippen molar-refractivity contribution in [2.45, 2.75) is 59.3 Å². The number of allylic oxidation sites excluding steroid dienone is 3. The fourth-order valence-electron chi connectivity index (χ4n) is 2.58. The van der Waals surface area contributed by atoms with Gasteiger partial charge in [-0.15, -0.1) is 0 Å². The second-order valence-corrected chi connectivity index (χ2v) is 7.84. The Morgan fingerprint density at radius 1 is 1.00 bits per heavy atom. The Morgan fingerprint density at radius 2 is 1.68 bits per heavy atom. The van der Waals surface area contributed by atoms with Gasteiger partial charge in [0.1, 0.15) is 0 Å². The van der Waals surface area contributed by atoms with Crippen LogP contribution in [0.5, 0.6) is 0 Å². The topological polar surface area (TPSA) is 35.5 Å². The molecule has 0 saturated heterocycles. The van der Waals surface area contributed by atoms with Gasteiger partial charge in [0.25, 0.3) is 0 Å². The van der Waals surface area contributed by atoms with Gasteiger partial charge in [0.05, 0.1) is 13.2 Å². The molecule has 4 heteroatoms. The van der Waals surface area contributed by atoms with Crippen LogP contribution < -0.4 is 0 Å². The summed E-state index contributed by atoms with van der Waals surface area (Å²) >= 11 is 0. The molecule has 1 rings (SSSR count). The first-order valence-electron chi connectivity index (χ1n) is 9.44. The molecule has 140 valence electrons. The predicted octanol–water partition coefficient (Wildman–Crippen LogP) is 6.91. The summed E-state index contributed by atoms with van der Waals surface area (Å²) in [4.78, 5) is 0. The van der Waals surface area contributed by atoms with Gasteiger partial charge in [-0.05, 0) is 44.2 Å². The highest BCUT2D eigenvalue weighted by molar-refractivity contribution is 7.57. The minimum absolute atomic E-state index is 0.380. The third-order valence-corrected chi connectivity index (χ3v) is 5.67. The van der Waals surface area contributed by atoms with Crippen molar-refractivity contribution in [2.75, 3.05) is 13.2 Å². The van der Waals surface area contributed by atoms with Crippen LogP contribution in [0, 0.1) is 0 Å². The van der Waals surface area contributed by atoms with Crippen LogP contribution in [-0.4, -0.2) is 13.2 Å². The molecule has 0 heterocycles. The van der Waals surface area contributed by atoms with Crippen LogP contribution in [0.1, 0.15) is 58.4 Å². The molecule has 0 unspecified atom stereocenters. The number of unbranched alkanes of at least 4 members (excludes halogenated alkanes) is 3. The van der Waals surface area contributed by atoms with Gasteiger partial charge >= 0.3 is 7.60 Å². The first-order valence-corrected chi connectivity index (χ1v) is 11.1. The molecular formula is C21H33O3P. The van der Waals surface area contributed by atoms with Gasteiger partial charge in [-0.2, -0.15) is 0 Å². The van der Waals surface area contributed by atoms with Gasteiger partial charge in [-0.1, -0.05) is 68.7 Å². The van der Waals surface area contributed by atoms with E-state index in [1.165, 1.54) is 24.8 Å². The number of rotatable bonds is 13. The largest absolute Gasteiger partial charge is 0.354 e. The average Bonchev–Trinajstić information content (AvgIpc) is 2.60. The summed E-state index contributed by atoms with van der Waals surface area (Å²) in [6.07, 6.45) is 10.7. The zero-order valence-corrected chi connectivity index (χ0v) is 16.8. The Balaban J connectivity index is 2.82. The number of benzene rings is 1. The standard InChI is InChI=1S/C21H33O3P/c1-4-7-8-10-16-21(19-25(22,23-5-2)24-6-3)18-13-17-20-14-11-9-12-15-20/h9,11-15,18-19H,4-8,10,16-17H2,1-3H3/b18-13+,21-19+. The van der Waals surface area contributed by atoms with E-state index in [-0.39, 0.29) is 0 Å². The van der Waals surface area contributed by atoms with Crippen LogP contribution in [0.4, 0.5) is 0 Å². The Kier molecular flexibility index (Phi) is 11.5. The van der Waals surface area contributed by atoms with Crippen LogP contribution in [0.2, 0.25) is 0 Å². The molecule has 0 bridgehead atoms. The fourth-order valence-corrected chi connectivity index (χ4v) is 4.15. The van der Waals surface area contributed by atoms with Crippen molar-refractivity contribution in [3.63, 3.8) is 0 Å². The molecule has 0 saturated carbocycles. The lowest BCUT2D eigenvalue weighted by Gasteiger charge is -2.14. The lowest BCUT2D eigenvalue weighted by molar-refractivity contribution is 0.228. The quantitative estimate of drug-likeness (QED) is 0.217. The van der Waals surface area contributed by atoms with Gasteiger partial charge in [0, 0.05) is 5.82 Å². The van der Waals surface area contributed by atoms with E-state index in [1.54, 1.807) is 5.82 Å². The molecule has 1 aromatic carbocycles. The van der Waals surface area contributed by atoms with Crippen molar-refractivity contribution < 1.29 is 13.6 Å². The van der Waals surface area contributed by atoms with E-state index in [2.05, 4.69) is 31.2 Å². The van der Waals surface area contributed by atoms with Crippen molar-refractivity contribution in [3.05, 3.63) is 59.4 Å². The van der Waals surface area contributed by atoms with Gasteiger partial charge in [-0.25, -0.2) is 0 Å². The normalized spacial score (nSPS) is 12.8. The minimum atomic E-state index is -3.16. The highest BCUT2D eigenvalue weighted by atomic mass is 31.2. The maximum Gasteiger partial charge on any atom is 0.354 e. The van der Waals surface area contributed by atoms with Crippen molar-refractivity contribution >= 4 is 7.60 Å². The molecule has 3 nitrogen and oxygen atoms in total. The summed E-state index contributed by atoms with van der Waals surface area (Å²) in [7, 11) is -3.16. The molecule has 0 N–H and O–H groups in total. The van der Waals surface area contributed by atoms with E-state index in [0.29, 0.717) is 13.2 Å². The first-order chi connectivity index (χ1) is 12.1. The molecule has 0 fully saturated rings. The number of hydrogen-bond donors (Lipinski definition) is 0.